The number of aromatic nitrogens is 2. The van der Waals surface area contributed by atoms with Crippen LogP contribution in [-0.4, -0.2) is 22.1 Å². The molecule has 0 radical (unpaired) electrons. The zero-order chi connectivity index (χ0) is 21.3. The predicted octanol–water partition coefficient (Wildman–Crippen LogP) is 4.69. The fraction of sp³-hybridized carbons (Fsp3) is 0.120. The highest BCUT2D eigenvalue weighted by molar-refractivity contribution is 5.92. The number of benzene rings is 3. The molecular weight excluding hydrogens is 386 g/mol. The Morgan fingerprint density at radius 2 is 1.68 bits per heavy atom. The summed E-state index contributed by atoms with van der Waals surface area (Å²) in [7, 11) is 0. The maximum absolute atomic E-state index is 6.08. The summed E-state index contributed by atoms with van der Waals surface area (Å²) in [6, 6.07) is 27.6. The fourth-order valence-corrected chi connectivity index (χ4v) is 3.22. The van der Waals surface area contributed by atoms with Crippen LogP contribution in [0.25, 0.3) is 0 Å². The summed E-state index contributed by atoms with van der Waals surface area (Å²) in [5, 5.41) is 3.12. The van der Waals surface area contributed by atoms with Crippen LogP contribution >= 0.6 is 0 Å². The first-order valence-electron chi connectivity index (χ1n) is 10.2. The first-order chi connectivity index (χ1) is 15.3. The van der Waals surface area contributed by atoms with Crippen LogP contribution in [0.15, 0.2) is 102 Å². The molecule has 3 N–H and O–H groups in total. The van der Waals surface area contributed by atoms with Crippen LogP contribution in [0.1, 0.15) is 11.4 Å². The van der Waals surface area contributed by atoms with Crippen molar-refractivity contribution in [1.29, 1.82) is 0 Å². The lowest BCUT2D eigenvalue weighted by Gasteiger charge is -2.10. The Kier molecular flexibility index (Phi) is 6.60. The zero-order valence-electron chi connectivity index (χ0n) is 17.2. The van der Waals surface area contributed by atoms with E-state index in [1.165, 1.54) is 5.56 Å². The molecule has 1 heterocycles. The number of aliphatic imine (C=N–C) groups is 1. The van der Waals surface area contributed by atoms with Gasteiger partial charge in [0.1, 0.15) is 17.3 Å². The van der Waals surface area contributed by atoms with Gasteiger partial charge in [-0.2, -0.15) is 0 Å². The maximum Gasteiger partial charge on any atom is 0.193 e. The first kappa shape index (κ1) is 20.2. The van der Waals surface area contributed by atoms with Gasteiger partial charge in [0.15, 0.2) is 5.96 Å². The Labute approximate surface area is 182 Å². The van der Waals surface area contributed by atoms with E-state index in [0.29, 0.717) is 18.9 Å². The van der Waals surface area contributed by atoms with Gasteiger partial charge in [0, 0.05) is 43.7 Å². The summed E-state index contributed by atoms with van der Waals surface area (Å²) in [4.78, 5) is 8.91. The molecule has 0 saturated carbocycles. The van der Waals surface area contributed by atoms with Crippen LogP contribution in [0.3, 0.4) is 0 Å². The van der Waals surface area contributed by atoms with Crippen molar-refractivity contribution in [1.82, 2.24) is 9.55 Å². The molecule has 31 heavy (non-hydrogen) atoms. The number of para-hydroxylation sites is 1. The van der Waals surface area contributed by atoms with Crippen LogP contribution in [0, 0.1) is 0 Å². The van der Waals surface area contributed by atoms with Crippen molar-refractivity contribution < 1.29 is 4.74 Å². The quantitative estimate of drug-likeness (QED) is 0.326. The van der Waals surface area contributed by atoms with Gasteiger partial charge in [-0.25, -0.2) is 4.98 Å². The third kappa shape index (κ3) is 5.96. The molecule has 6 nitrogen and oxygen atoms in total. The summed E-state index contributed by atoms with van der Waals surface area (Å²) in [6.45, 7) is 1.34. The standard InChI is InChI=1S/C25H25N5O/c26-25(29-21-10-7-13-23(18-21)31-22-11-5-2-6-12-22)28-15-14-24-27-16-17-30(24)19-20-8-3-1-4-9-20/h1-13,16-18H,14-15,19H2,(H3,26,28,29). The molecule has 156 valence electrons. The number of imidazole rings is 1. The van der Waals surface area contributed by atoms with Gasteiger partial charge >= 0.3 is 0 Å². The van der Waals surface area contributed by atoms with Crippen LogP contribution in [0.4, 0.5) is 5.69 Å². The van der Waals surface area contributed by atoms with Crippen LogP contribution in [0.2, 0.25) is 0 Å². The molecule has 0 spiro atoms. The second kappa shape index (κ2) is 10.1. The van der Waals surface area contributed by atoms with Crippen LogP contribution < -0.4 is 15.8 Å². The molecule has 0 atom stereocenters. The Hall–Kier alpha value is -4.06. The van der Waals surface area contributed by atoms with Gasteiger partial charge in [-0.05, 0) is 29.8 Å². The van der Waals surface area contributed by atoms with Gasteiger partial charge in [0.05, 0.1) is 0 Å². The maximum atomic E-state index is 6.08. The minimum absolute atomic E-state index is 0.359. The second-order valence-corrected chi connectivity index (χ2v) is 7.04. The number of nitrogens with one attached hydrogen (secondary N) is 1. The van der Waals surface area contributed by atoms with E-state index >= 15 is 0 Å². The summed E-state index contributed by atoms with van der Waals surface area (Å²) in [6.07, 6.45) is 4.52. The average Bonchev–Trinajstić information content (AvgIpc) is 3.22. The second-order valence-electron chi connectivity index (χ2n) is 7.04. The largest absolute Gasteiger partial charge is 0.457 e. The third-order valence-corrected chi connectivity index (χ3v) is 4.70. The summed E-state index contributed by atoms with van der Waals surface area (Å²) in [5.41, 5.74) is 8.14. The minimum Gasteiger partial charge on any atom is -0.457 e. The van der Waals surface area contributed by atoms with Crippen molar-refractivity contribution >= 4 is 11.6 Å². The van der Waals surface area contributed by atoms with Crippen molar-refractivity contribution in [2.24, 2.45) is 10.7 Å². The topological polar surface area (TPSA) is 77.5 Å². The van der Waals surface area contributed by atoms with Gasteiger partial charge in [0.25, 0.3) is 0 Å². The number of rotatable bonds is 8. The van der Waals surface area contributed by atoms with E-state index in [1.54, 1.807) is 0 Å². The molecule has 0 aliphatic heterocycles. The predicted molar refractivity (Wildman–Crippen MR) is 125 cm³/mol. The number of nitrogens with two attached hydrogens (primary N) is 1. The molecule has 3 aromatic carbocycles. The highest BCUT2D eigenvalue weighted by Crippen LogP contribution is 2.23. The lowest BCUT2D eigenvalue weighted by atomic mass is 10.2. The molecule has 0 fully saturated rings. The van der Waals surface area contributed by atoms with E-state index in [2.05, 4.69) is 32.0 Å². The SMILES string of the molecule is NC(=NCCc1nccn1Cc1ccccc1)Nc1cccc(Oc2ccccc2)c1. The monoisotopic (exact) mass is 411 g/mol. The van der Waals surface area contributed by atoms with Crippen LogP contribution in [-0.2, 0) is 13.0 Å². The first-order valence-corrected chi connectivity index (χ1v) is 10.2. The molecule has 0 aliphatic carbocycles. The van der Waals surface area contributed by atoms with Gasteiger partial charge in [-0.15, -0.1) is 0 Å². The number of hydrogen-bond donors (Lipinski definition) is 2. The van der Waals surface area contributed by atoms with Crippen molar-refractivity contribution in [2.45, 2.75) is 13.0 Å². The lowest BCUT2D eigenvalue weighted by molar-refractivity contribution is 0.483. The van der Waals surface area contributed by atoms with Gasteiger partial charge in [0.2, 0.25) is 0 Å². The Bertz CT molecular complexity index is 1120. The van der Waals surface area contributed by atoms with E-state index in [0.717, 1.165) is 29.6 Å². The Balaban J connectivity index is 1.32. The van der Waals surface area contributed by atoms with E-state index in [9.17, 15) is 0 Å². The number of ether oxygens (including phenoxy) is 1. The van der Waals surface area contributed by atoms with Gasteiger partial charge in [-0.3, -0.25) is 4.99 Å². The molecule has 1 aromatic heterocycles. The smallest absolute Gasteiger partial charge is 0.193 e. The van der Waals surface area contributed by atoms with Crippen molar-refractivity contribution in [3.05, 3.63) is 109 Å². The molecule has 0 aliphatic rings. The van der Waals surface area contributed by atoms with E-state index < -0.39 is 0 Å². The van der Waals surface area contributed by atoms with Crippen molar-refractivity contribution in [2.75, 3.05) is 11.9 Å². The van der Waals surface area contributed by atoms with Crippen molar-refractivity contribution in [3.8, 4) is 11.5 Å². The zero-order valence-corrected chi connectivity index (χ0v) is 17.2. The number of hydrogen-bond acceptors (Lipinski definition) is 3. The summed E-state index contributed by atoms with van der Waals surface area (Å²) in [5.74, 6) is 2.86. The molecule has 4 rings (SSSR count). The van der Waals surface area contributed by atoms with Gasteiger partial charge in [-0.1, -0.05) is 54.6 Å². The highest BCUT2D eigenvalue weighted by atomic mass is 16.5. The number of anilines is 1. The van der Waals surface area contributed by atoms with Gasteiger partial charge < -0.3 is 20.4 Å². The molecule has 0 saturated heterocycles. The van der Waals surface area contributed by atoms with Crippen LogP contribution in [0.5, 0.6) is 11.5 Å². The van der Waals surface area contributed by atoms with E-state index in [1.807, 2.05) is 85.2 Å². The van der Waals surface area contributed by atoms with E-state index in [-0.39, 0.29) is 0 Å². The molecule has 0 unspecified atom stereocenters. The Morgan fingerprint density at radius 1 is 0.935 bits per heavy atom. The third-order valence-electron chi connectivity index (χ3n) is 4.70. The number of guanidine groups is 1. The molecule has 0 bridgehead atoms. The summed E-state index contributed by atoms with van der Waals surface area (Å²) < 4.78 is 8.00. The highest BCUT2D eigenvalue weighted by Gasteiger charge is 2.04. The lowest BCUT2D eigenvalue weighted by Crippen LogP contribution is -2.23. The molecular formula is C25H25N5O. The fourth-order valence-electron chi connectivity index (χ4n) is 3.22. The molecule has 4 aromatic rings. The minimum atomic E-state index is 0.359. The Morgan fingerprint density at radius 3 is 2.48 bits per heavy atom. The van der Waals surface area contributed by atoms with Crippen molar-refractivity contribution in [3.63, 3.8) is 0 Å². The average molecular weight is 412 g/mol. The molecule has 0 amide bonds. The molecule has 6 heteroatoms. The summed E-state index contributed by atoms with van der Waals surface area (Å²) >= 11 is 0. The number of nitrogens with zero attached hydrogens (tertiary/aromatic N) is 3. The normalized spacial score (nSPS) is 11.3. The van der Waals surface area contributed by atoms with E-state index in [4.69, 9.17) is 10.5 Å².